The molecular weight excluding hydrogens is 336 g/mol. The van der Waals surface area contributed by atoms with Gasteiger partial charge < -0.3 is 4.90 Å². The monoisotopic (exact) mass is 356 g/mol. The Kier molecular flexibility index (Phi) is 4.53. The molecular formula is C21H20N6. The minimum absolute atomic E-state index is 0.565. The van der Waals surface area contributed by atoms with Gasteiger partial charge in [0.2, 0.25) is 17.8 Å². The number of anilines is 4. The van der Waals surface area contributed by atoms with Crippen molar-refractivity contribution in [3.8, 4) is 5.95 Å². The van der Waals surface area contributed by atoms with E-state index in [0.29, 0.717) is 17.8 Å². The van der Waals surface area contributed by atoms with Crippen molar-refractivity contribution in [2.45, 2.75) is 0 Å². The summed E-state index contributed by atoms with van der Waals surface area (Å²) in [6.45, 7) is 0. The molecule has 0 saturated carbocycles. The molecule has 6 heteroatoms. The van der Waals surface area contributed by atoms with E-state index >= 15 is 0 Å². The fraction of sp³-hybridized carbons (Fsp3) is 0.0952. The summed E-state index contributed by atoms with van der Waals surface area (Å²) in [5.41, 5.74) is 1.97. The third kappa shape index (κ3) is 3.50. The van der Waals surface area contributed by atoms with Crippen molar-refractivity contribution in [2.24, 2.45) is 0 Å². The standard InChI is InChI=1S/C21H20N6/c1-25(2)19-22-20(26-15-9-10-16-26)24-21(23-19)27(17-11-5-3-6-12-17)18-13-7-4-8-14-18/h3-16H,1-2H3. The predicted octanol–water partition coefficient (Wildman–Crippen LogP) is 4.20. The second-order valence-electron chi connectivity index (χ2n) is 6.23. The minimum Gasteiger partial charge on any atom is -0.347 e. The topological polar surface area (TPSA) is 50.1 Å². The molecule has 0 N–H and O–H groups in total. The van der Waals surface area contributed by atoms with E-state index in [1.165, 1.54) is 0 Å². The van der Waals surface area contributed by atoms with Crippen LogP contribution in [0.1, 0.15) is 0 Å². The average Bonchev–Trinajstić information content (AvgIpc) is 3.25. The fourth-order valence-electron chi connectivity index (χ4n) is 2.76. The van der Waals surface area contributed by atoms with Crippen LogP contribution in [0, 0.1) is 0 Å². The third-order valence-corrected chi connectivity index (χ3v) is 4.06. The molecule has 2 aromatic carbocycles. The highest BCUT2D eigenvalue weighted by atomic mass is 15.4. The summed E-state index contributed by atoms with van der Waals surface area (Å²) in [7, 11) is 3.85. The molecule has 4 aromatic rings. The van der Waals surface area contributed by atoms with Gasteiger partial charge in [0.05, 0.1) is 0 Å². The van der Waals surface area contributed by atoms with Crippen molar-refractivity contribution < 1.29 is 0 Å². The van der Waals surface area contributed by atoms with Crippen molar-refractivity contribution in [1.82, 2.24) is 19.5 Å². The van der Waals surface area contributed by atoms with E-state index in [1.54, 1.807) is 0 Å². The van der Waals surface area contributed by atoms with Crippen LogP contribution in [0.2, 0.25) is 0 Å². The van der Waals surface area contributed by atoms with E-state index < -0.39 is 0 Å². The van der Waals surface area contributed by atoms with Gasteiger partial charge in [0.1, 0.15) is 0 Å². The third-order valence-electron chi connectivity index (χ3n) is 4.06. The molecule has 6 nitrogen and oxygen atoms in total. The van der Waals surface area contributed by atoms with Gasteiger partial charge in [-0.2, -0.15) is 15.0 Å². The lowest BCUT2D eigenvalue weighted by Crippen LogP contribution is -2.20. The summed E-state index contributed by atoms with van der Waals surface area (Å²) >= 11 is 0. The summed E-state index contributed by atoms with van der Waals surface area (Å²) in [5, 5.41) is 0. The second-order valence-corrected chi connectivity index (χ2v) is 6.23. The molecule has 4 rings (SSSR count). The smallest absolute Gasteiger partial charge is 0.241 e. The quantitative estimate of drug-likeness (QED) is 0.536. The van der Waals surface area contributed by atoms with E-state index in [2.05, 4.69) is 4.98 Å². The summed E-state index contributed by atoms with van der Waals surface area (Å²) in [4.78, 5) is 18.0. The zero-order valence-electron chi connectivity index (χ0n) is 15.3. The van der Waals surface area contributed by atoms with Crippen LogP contribution in [0.5, 0.6) is 0 Å². The molecule has 0 aliphatic rings. The Morgan fingerprint density at radius 2 is 1.15 bits per heavy atom. The molecule has 2 heterocycles. The van der Waals surface area contributed by atoms with E-state index in [0.717, 1.165) is 11.4 Å². The Hall–Kier alpha value is -3.67. The van der Waals surface area contributed by atoms with E-state index in [9.17, 15) is 0 Å². The first kappa shape index (κ1) is 16.8. The number of aromatic nitrogens is 4. The lowest BCUT2D eigenvalue weighted by atomic mass is 10.2. The fourth-order valence-corrected chi connectivity index (χ4v) is 2.76. The van der Waals surface area contributed by atoms with Gasteiger partial charge in [-0.3, -0.25) is 9.47 Å². The second kappa shape index (κ2) is 7.29. The van der Waals surface area contributed by atoms with Gasteiger partial charge in [-0.25, -0.2) is 0 Å². The maximum Gasteiger partial charge on any atom is 0.241 e. The lowest BCUT2D eigenvalue weighted by Gasteiger charge is -2.24. The first-order valence-electron chi connectivity index (χ1n) is 8.69. The minimum atomic E-state index is 0.565. The first-order valence-corrected chi connectivity index (χ1v) is 8.69. The van der Waals surface area contributed by atoms with E-state index in [4.69, 9.17) is 9.97 Å². The van der Waals surface area contributed by atoms with Crippen LogP contribution < -0.4 is 9.80 Å². The summed E-state index contributed by atoms with van der Waals surface area (Å²) in [5.74, 6) is 1.74. The van der Waals surface area contributed by atoms with Crippen LogP contribution in [-0.4, -0.2) is 33.6 Å². The number of rotatable bonds is 5. The molecule has 0 spiro atoms. The Labute approximate surface area is 158 Å². The number of nitrogens with zero attached hydrogens (tertiary/aromatic N) is 6. The highest BCUT2D eigenvalue weighted by Gasteiger charge is 2.18. The molecule has 0 aliphatic heterocycles. The van der Waals surface area contributed by atoms with Crippen LogP contribution in [0.15, 0.2) is 85.2 Å². The number of benzene rings is 2. The molecule has 0 bridgehead atoms. The van der Waals surface area contributed by atoms with Crippen molar-refractivity contribution in [3.63, 3.8) is 0 Å². The van der Waals surface area contributed by atoms with E-state index in [1.807, 2.05) is 114 Å². The molecule has 0 amide bonds. The molecule has 2 aromatic heterocycles. The summed E-state index contributed by atoms with van der Waals surface area (Å²) < 4.78 is 1.88. The molecule has 0 saturated heterocycles. The number of hydrogen-bond acceptors (Lipinski definition) is 5. The number of hydrogen-bond donors (Lipinski definition) is 0. The van der Waals surface area contributed by atoms with Gasteiger partial charge >= 0.3 is 0 Å². The molecule has 0 aliphatic carbocycles. The van der Waals surface area contributed by atoms with Gasteiger partial charge in [0, 0.05) is 37.9 Å². The SMILES string of the molecule is CN(C)c1nc(N(c2ccccc2)c2ccccc2)nc(-n2cccc2)n1. The normalized spacial score (nSPS) is 10.6. The maximum atomic E-state index is 4.75. The van der Waals surface area contributed by atoms with Gasteiger partial charge in [0.25, 0.3) is 0 Å². The molecule has 0 unspecified atom stereocenters. The van der Waals surface area contributed by atoms with Gasteiger partial charge in [-0.05, 0) is 36.4 Å². The Morgan fingerprint density at radius 3 is 1.67 bits per heavy atom. The molecule has 0 radical (unpaired) electrons. The summed E-state index contributed by atoms with van der Waals surface area (Å²) in [6.07, 6.45) is 3.85. The highest BCUT2D eigenvalue weighted by Crippen LogP contribution is 2.32. The predicted molar refractivity (Wildman–Crippen MR) is 108 cm³/mol. The van der Waals surface area contributed by atoms with Crippen LogP contribution in [0.25, 0.3) is 5.95 Å². The van der Waals surface area contributed by atoms with Crippen LogP contribution >= 0.6 is 0 Å². The first-order chi connectivity index (χ1) is 13.2. The van der Waals surface area contributed by atoms with Gasteiger partial charge in [-0.15, -0.1) is 0 Å². The molecule has 0 atom stereocenters. The van der Waals surface area contributed by atoms with Crippen molar-refractivity contribution in [2.75, 3.05) is 23.9 Å². The summed E-state index contributed by atoms with van der Waals surface area (Å²) in [6, 6.07) is 24.1. The lowest BCUT2D eigenvalue weighted by molar-refractivity contribution is 0.868. The average molecular weight is 356 g/mol. The van der Waals surface area contributed by atoms with Crippen LogP contribution in [-0.2, 0) is 0 Å². The maximum absolute atomic E-state index is 4.75. The molecule has 27 heavy (non-hydrogen) atoms. The molecule has 134 valence electrons. The Bertz CT molecular complexity index is 958. The van der Waals surface area contributed by atoms with Crippen molar-refractivity contribution in [1.29, 1.82) is 0 Å². The zero-order chi connectivity index (χ0) is 18.6. The van der Waals surface area contributed by atoms with E-state index in [-0.39, 0.29) is 0 Å². The highest BCUT2D eigenvalue weighted by molar-refractivity contribution is 5.72. The number of para-hydroxylation sites is 2. The Balaban J connectivity index is 1.92. The van der Waals surface area contributed by atoms with Gasteiger partial charge in [-0.1, -0.05) is 36.4 Å². The van der Waals surface area contributed by atoms with Crippen LogP contribution in [0.3, 0.4) is 0 Å². The van der Waals surface area contributed by atoms with Gasteiger partial charge in [0.15, 0.2) is 0 Å². The van der Waals surface area contributed by atoms with Crippen LogP contribution in [0.4, 0.5) is 23.3 Å². The Morgan fingerprint density at radius 1 is 0.630 bits per heavy atom. The molecule has 0 fully saturated rings. The van der Waals surface area contributed by atoms with Crippen molar-refractivity contribution in [3.05, 3.63) is 85.2 Å². The van der Waals surface area contributed by atoms with Crippen molar-refractivity contribution >= 4 is 23.3 Å². The zero-order valence-corrected chi connectivity index (χ0v) is 15.3. The largest absolute Gasteiger partial charge is 0.347 e.